The van der Waals surface area contributed by atoms with Gasteiger partial charge in [0.25, 0.3) is 0 Å². The maximum absolute atomic E-state index is 4.67. The van der Waals surface area contributed by atoms with Crippen LogP contribution in [-0.2, 0) is 6.54 Å². The molecule has 0 aliphatic rings. The van der Waals surface area contributed by atoms with Gasteiger partial charge in [-0.1, -0.05) is 6.07 Å². The normalized spacial score (nSPS) is 11.2. The number of nitrogens with one attached hydrogen (secondary N) is 1. The molecule has 0 saturated carbocycles. The molecule has 0 amide bonds. The number of hydrogen-bond acceptors (Lipinski definition) is 3. The minimum atomic E-state index is 0.763. The lowest BCUT2D eigenvalue weighted by Gasteiger charge is -2.07. The Balaban J connectivity index is 2.14. The summed E-state index contributed by atoms with van der Waals surface area (Å²) in [6, 6.07) is 10.4. The van der Waals surface area contributed by atoms with Crippen LogP contribution in [-0.4, -0.2) is 21.6 Å². The van der Waals surface area contributed by atoms with E-state index in [0.29, 0.717) is 0 Å². The zero-order valence-electron chi connectivity index (χ0n) is 12.0. The van der Waals surface area contributed by atoms with Gasteiger partial charge >= 0.3 is 0 Å². The molecule has 3 rings (SSSR count). The molecule has 0 fully saturated rings. The van der Waals surface area contributed by atoms with Gasteiger partial charge in [0.2, 0.25) is 0 Å². The Morgan fingerprint density at radius 2 is 1.95 bits per heavy atom. The average Bonchev–Trinajstić information content (AvgIpc) is 2.83. The summed E-state index contributed by atoms with van der Waals surface area (Å²) in [5.41, 5.74) is 5.66. The van der Waals surface area contributed by atoms with Crippen molar-refractivity contribution in [3.63, 3.8) is 0 Å². The number of nitrogens with zero attached hydrogens (tertiary/aromatic N) is 3. The highest BCUT2D eigenvalue weighted by atomic mass is 15.1. The first-order chi connectivity index (χ1) is 9.69. The van der Waals surface area contributed by atoms with E-state index in [0.717, 1.165) is 29.1 Å². The van der Waals surface area contributed by atoms with Gasteiger partial charge in [0.1, 0.15) is 12.1 Å². The second-order valence-electron chi connectivity index (χ2n) is 5.06. The molecule has 0 bridgehead atoms. The minimum absolute atomic E-state index is 0.763. The van der Waals surface area contributed by atoms with Gasteiger partial charge in [-0.15, -0.1) is 0 Å². The lowest BCUT2D eigenvalue weighted by Crippen LogP contribution is -2.08. The van der Waals surface area contributed by atoms with E-state index in [9.17, 15) is 0 Å². The van der Waals surface area contributed by atoms with Gasteiger partial charge < -0.3 is 5.32 Å². The smallest absolute Gasteiger partial charge is 0.138 e. The van der Waals surface area contributed by atoms with Crippen molar-refractivity contribution in [2.75, 3.05) is 7.05 Å². The van der Waals surface area contributed by atoms with E-state index >= 15 is 0 Å². The summed E-state index contributed by atoms with van der Waals surface area (Å²) in [7, 11) is 1.92. The summed E-state index contributed by atoms with van der Waals surface area (Å²) in [6.45, 7) is 5.00. The van der Waals surface area contributed by atoms with Crippen LogP contribution in [0.2, 0.25) is 0 Å². The molecule has 2 heterocycles. The van der Waals surface area contributed by atoms with Crippen molar-refractivity contribution in [2.45, 2.75) is 20.4 Å². The lowest BCUT2D eigenvalue weighted by molar-refractivity contribution is 0.785. The SMILES string of the molecule is CNCc1cccc(-n2cnc3cc(C)c(C)cc32)n1. The molecule has 3 aromatic rings. The number of rotatable bonds is 3. The molecule has 4 nitrogen and oxygen atoms in total. The zero-order valence-corrected chi connectivity index (χ0v) is 12.0. The molecule has 0 aliphatic heterocycles. The monoisotopic (exact) mass is 266 g/mol. The first kappa shape index (κ1) is 12.8. The molecule has 0 atom stereocenters. The molecule has 0 spiro atoms. The molecule has 4 heteroatoms. The molecule has 0 radical (unpaired) electrons. The van der Waals surface area contributed by atoms with Crippen LogP contribution in [0.1, 0.15) is 16.8 Å². The Kier molecular flexibility index (Phi) is 3.24. The van der Waals surface area contributed by atoms with E-state index in [1.807, 2.05) is 36.1 Å². The largest absolute Gasteiger partial charge is 0.314 e. The first-order valence-corrected chi connectivity index (χ1v) is 6.74. The van der Waals surface area contributed by atoms with E-state index in [-0.39, 0.29) is 0 Å². The van der Waals surface area contributed by atoms with Crippen LogP contribution in [0.3, 0.4) is 0 Å². The predicted molar refractivity (Wildman–Crippen MR) is 81.1 cm³/mol. The van der Waals surface area contributed by atoms with Crippen LogP contribution in [0.25, 0.3) is 16.9 Å². The van der Waals surface area contributed by atoms with Crippen LogP contribution >= 0.6 is 0 Å². The first-order valence-electron chi connectivity index (χ1n) is 6.74. The summed E-state index contributed by atoms with van der Waals surface area (Å²) in [5.74, 6) is 0.906. The molecular weight excluding hydrogens is 248 g/mol. The van der Waals surface area contributed by atoms with E-state index in [1.54, 1.807) is 0 Å². The molecule has 1 aromatic carbocycles. The topological polar surface area (TPSA) is 42.7 Å². The maximum Gasteiger partial charge on any atom is 0.138 e. The number of imidazole rings is 1. The van der Waals surface area contributed by atoms with E-state index in [4.69, 9.17) is 0 Å². The van der Waals surface area contributed by atoms with E-state index < -0.39 is 0 Å². The van der Waals surface area contributed by atoms with Crippen LogP contribution in [0, 0.1) is 13.8 Å². The molecule has 1 N–H and O–H groups in total. The van der Waals surface area contributed by atoms with Crippen molar-refractivity contribution >= 4 is 11.0 Å². The number of fused-ring (bicyclic) bond motifs is 1. The fourth-order valence-corrected chi connectivity index (χ4v) is 2.33. The zero-order chi connectivity index (χ0) is 14.1. The van der Waals surface area contributed by atoms with Gasteiger partial charge in [0.15, 0.2) is 0 Å². The minimum Gasteiger partial charge on any atom is -0.314 e. The molecule has 102 valence electrons. The van der Waals surface area contributed by atoms with Gasteiger partial charge in [-0.05, 0) is 56.3 Å². The summed E-state index contributed by atoms with van der Waals surface area (Å²) in [5, 5.41) is 3.12. The molecule has 0 aliphatic carbocycles. The van der Waals surface area contributed by atoms with E-state index in [1.165, 1.54) is 11.1 Å². The Morgan fingerprint density at radius 1 is 1.15 bits per heavy atom. The van der Waals surface area contributed by atoms with Gasteiger partial charge in [-0.2, -0.15) is 0 Å². The van der Waals surface area contributed by atoms with Crippen LogP contribution < -0.4 is 5.32 Å². The highest BCUT2D eigenvalue weighted by molar-refractivity contribution is 5.78. The summed E-state index contributed by atoms with van der Waals surface area (Å²) in [6.07, 6.45) is 1.84. The molecule has 0 saturated heterocycles. The number of benzene rings is 1. The van der Waals surface area contributed by atoms with Gasteiger partial charge in [-0.25, -0.2) is 9.97 Å². The van der Waals surface area contributed by atoms with Crippen LogP contribution in [0.4, 0.5) is 0 Å². The van der Waals surface area contributed by atoms with Crippen molar-refractivity contribution in [3.05, 3.63) is 53.5 Å². The third-order valence-corrected chi connectivity index (χ3v) is 3.56. The third kappa shape index (κ3) is 2.18. The predicted octanol–water partition coefficient (Wildman–Crippen LogP) is 2.76. The number of hydrogen-bond donors (Lipinski definition) is 1. The standard InChI is InChI=1S/C16H18N4/c1-11-7-14-15(8-12(11)2)20(10-18-14)16-6-4-5-13(19-16)9-17-3/h4-8,10,17H,9H2,1-3H3. The van der Waals surface area contributed by atoms with E-state index in [2.05, 4.69) is 41.3 Å². The second kappa shape index (κ2) is 5.06. The fourth-order valence-electron chi connectivity index (χ4n) is 2.33. The Morgan fingerprint density at radius 3 is 2.75 bits per heavy atom. The molecule has 20 heavy (non-hydrogen) atoms. The van der Waals surface area contributed by atoms with Crippen LogP contribution in [0.5, 0.6) is 0 Å². The molecule has 2 aromatic heterocycles. The Hall–Kier alpha value is -2.20. The lowest BCUT2D eigenvalue weighted by atomic mass is 10.1. The van der Waals surface area contributed by atoms with Crippen molar-refractivity contribution in [1.29, 1.82) is 0 Å². The molecular formula is C16H18N4. The third-order valence-electron chi connectivity index (χ3n) is 3.56. The number of pyridine rings is 1. The highest BCUT2D eigenvalue weighted by Crippen LogP contribution is 2.21. The highest BCUT2D eigenvalue weighted by Gasteiger charge is 2.08. The van der Waals surface area contributed by atoms with Gasteiger partial charge in [-0.3, -0.25) is 4.57 Å². The van der Waals surface area contributed by atoms with Crippen molar-refractivity contribution < 1.29 is 0 Å². The molecule has 0 unspecified atom stereocenters. The summed E-state index contributed by atoms with van der Waals surface area (Å²) >= 11 is 0. The van der Waals surface area contributed by atoms with Crippen molar-refractivity contribution in [3.8, 4) is 5.82 Å². The van der Waals surface area contributed by atoms with Gasteiger partial charge in [0.05, 0.1) is 16.7 Å². The summed E-state index contributed by atoms with van der Waals surface area (Å²) < 4.78 is 2.04. The average molecular weight is 266 g/mol. The Labute approximate surface area is 118 Å². The quantitative estimate of drug-likeness (QED) is 0.792. The Bertz CT molecular complexity index is 758. The number of aromatic nitrogens is 3. The maximum atomic E-state index is 4.67. The van der Waals surface area contributed by atoms with Gasteiger partial charge in [0, 0.05) is 6.54 Å². The van der Waals surface area contributed by atoms with Crippen molar-refractivity contribution in [1.82, 2.24) is 19.9 Å². The summed E-state index contributed by atoms with van der Waals surface area (Å²) in [4.78, 5) is 9.15. The van der Waals surface area contributed by atoms with Crippen molar-refractivity contribution in [2.24, 2.45) is 0 Å². The second-order valence-corrected chi connectivity index (χ2v) is 5.06. The number of aryl methyl sites for hydroxylation is 2. The van der Waals surface area contributed by atoms with Crippen LogP contribution in [0.15, 0.2) is 36.7 Å². The fraction of sp³-hybridized carbons (Fsp3) is 0.250.